The van der Waals surface area contributed by atoms with Gasteiger partial charge in [-0.2, -0.15) is 0 Å². The van der Waals surface area contributed by atoms with E-state index >= 15 is 0 Å². The van der Waals surface area contributed by atoms with Crippen molar-refractivity contribution in [3.05, 3.63) is 182 Å². The molecule has 0 radical (unpaired) electrons. The summed E-state index contributed by atoms with van der Waals surface area (Å²) < 4.78 is 0. The molecule has 0 aromatic heterocycles. The van der Waals surface area contributed by atoms with E-state index in [1.807, 2.05) is 0 Å². The van der Waals surface area contributed by atoms with E-state index in [0.717, 1.165) is 22.7 Å². The maximum Gasteiger partial charge on any atom is 0.0546 e. The summed E-state index contributed by atoms with van der Waals surface area (Å²) in [5.41, 5.74) is 11.8. The molecule has 0 N–H and O–H groups in total. The van der Waals surface area contributed by atoms with Crippen molar-refractivity contribution in [3.63, 3.8) is 0 Å². The summed E-state index contributed by atoms with van der Waals surface area (Å²) in [7, 11) is 0. The topological polar surface area (TPSA) is 6.48 Å². The molecule has 1 aliphatic rings. The minimum atomic E-state index is 1.10. The van der Waals surface area contributed by atoms with E-state index in [2.05, 4.69) is 192 Å². The van der Waals surface area contributed by atoms with Crippen molar-refractivity contribution in [1.82, 2.24) is 0 Å². The van der Waals surface area contributed by atoms with E-state index < -0.39 is 0 Å². The monoisotopic (exact) mass is 586 g/mol. The van der Waals surface area contributed by atoms with Gasteiger partial charge in [-0.15, -0.1) is 0 Å². The lowest BCUT2D eigenvalue weighted by atomic mass is 9.91. The molecule has 8 aromatic carbocycles. The summed E-state index contributed by atoms with van der Waals surface area (Å²) in [5, 5.41) is 5.01. The number of fused-ring (bicyclic) bond motifs is 3. The Bertz CT molecular complexity index is 2370. The fourth-order valence-corrected chi connectivity index (χ4v) is 7.01. The number of anilines is 6. The minimum absolute atomic E-state index is 1.10. The zero-order valence-corrected chi connectivity index (χ0v) is 25.2. The van der Waals surface area contributed by atoms with Gasteiger partial charge in [-0.05, 0) is 93.5 Å². The molecule has 0 atom stereocenters. The highest BCUT2D eigenvalue weighted by Gasteiger charge is 2.25. The summed E-state index contributed by atoms with van der Waals surface area (Å²) in [6.07, 6.45) is 0. The SMILES string of the molecule is c1ccc(-c2cccc(N(c3ccc(N4c5ccccc5-c5cccc6cccc4c56)cc3)c3ccc4ccccc4c3)c2)cc1. The van der Waals surface area contributed by atoms with Crippen LogP contribution in [0.5, 0.6) is 0 Å². The van der Waals surface area contributed by atoms with Crippen LogP contribution in [0.15, 0.2) is 182 Å². The Morgan fingerprint density at radius 3 is 1.83 bits per heavy atom. The molecular formula is C44H30N2. The highest BCUT2D eigenvalue weighted by molar-refractivity contribution is 6.13. The molecule has 0 fully saturated rings. The van der Waals surface area contributed by atoms with Gasteiger partial charge in [0.2, 0.25) is 0 Å². The summed E-state index contributed by atoms with van der Waals surface area (Å²) in [6, 6.07) is 65.7. The second kappa shape index (κ2) is 10.8. The Morgan fingerprint density at radius 1 is 0.348 bits per heavy atom. The van der Waals surface area contributed by atoms with Crippen molar-refractivity contribution < 1.29 is 0 Å². The molecule has 1 aliphatic heterocycles. The van der Waals surface area contributed by atoms with Crippen molar-refractivity contribution >= 4 is 55.7 Å². The lowest BCUT2D eigenvalue weighted by Crippen LogP contribution is -2.15. The van der Waals surface area contributed by atoms with Crippen LogP contribution < -0.4 is 9.80 Å². The van der Waals surface area contributed by atoms with Crippen molar-refractivity contribution in [1.29, 1.82) is 0 Å². The van der Waals surface area contributed by atoms with E-state index in [0.29, 0.717) is 0 Å². The van der Waals surface area contributed by atoms with Crippen LogP contribution in [0.25, 0.3) is 43.8 Å². The zero-order chi connectivity index (χ0) is 30.5. The molecule has 0 unspecified atom stereocenters. The Kier molecular flexibility index (Phi) is 6.17. The molecule has 0 amide bonds. The smallest absolute Gasteiger partial charge is 0.0546 e. The average Bonchev–Trinajstić information content (AvgIpc) is 3.13. The number of nitrogens with zero attached hydrogens (tertiary/aromatic N) is 2. The summed E-state index contributed by atoms with van der Waals surface area (Å²) in [5.74, 6) is 0. The lowest BCUT2D eigenvalue weighted by Gasteiger charge is -2.34. The Morgan fingerprint density at radius 2 is 0.957 bits per heavy atom. The third kappa shape index (κ3) is 4.35. The first kappa shape index (κ1) is 26.3. The molecule has 0 saturated carbocycles. The van der Waals surface area contributed by atoms with Gasteiger partial charge >= 0.3 is 0 Å². The second-order valence-corrected chi connectivity index (χ2v) is 11.8. The number of hydrogen-bond donors (Lipinski definition) is 0. The van der Waals surface area contributed by atoms with Crippen LogP contribution in [-0.2, 0) is 0 Å². The summed E-state index contributed by atoms with van der Waals surface area (Å²) >= 11 is 0. The van der Waals surface area contributed by atoms with Crippen LogP contribution >= 0.6 is 0 Å². The fraction of sp³-hybridized carbons (Fsp3) is 0. The number of benzene rings is 8. The molecule has 0 aliphatic carbocycles. The van der Waals surface area contributed by atoms with Crippen LogP contribution in [-0.4, -0.2) is 0 Å². The predicted molar refractivity (Wildman–Crippen MR) is 195 cm³/mol. The van der Waals surface area contributed by atoms with Gasteiger partial charge in [-0.25, -0.2) is 0 Å². The van der Waals surface area contributed by atoms with Gasteiger partial charge in [0.05, 0.1) is 11.4 Å². The number of hydrogen-bond acceptors (Lipinski definition) is 2. The first-order valence-corrected chi connectivity index (χ1v) is 15.8. The highest BCUT2D eigenvalue weighted by Crippen LogP contribution is 2.51. The van der Waals surface area contributed by atoms with E-state index in [1.165, 1.54) is 55.2 Å². The molecule has 1 heterocycles. The predicted octanol–water partition coefficient (Wildman–Crippen LogP) is 12.6. The van der Waals surface area contributed by atoms with Crippen LogP contribution in [0.1, 0.15) is 0 Å². The molecule has 8 aromatic rings. The number of rotatable bonds is 5. The standard InChI is InChI=1S/C44H30N2/c1-2-11-31(12-3-1)35-17-8-18-38(29-35)45(39-24-23-32-13-4-5-14-34(32)30-39)36-25-27-37(28-26-36)46-42-21-7-6-19-40(42)41-20-9-15-33-16-10-22-43(46)44(33)41/h1-30H. The third-order valence-corrected chi connectivity index (χ3v) is 9.13. The van der Waals surface area contributed by atoms with E-state index in [4.69, 9.17) is 0 Å². The molecule has 2 heteroatoms. The molecule has 216 valence electrons. The Balaban J connectivity index is 1.19. The molecule has 46 heavy (non-hydrogen) atoms. The molecule has 9 rings (SSSR count). The van der Waals surface area contributed by atoms with Gasteiger partial charge in [0.15, 0.2) is 0 Å². The maximum absolute atomic E-state index is 2.41. The molecule has 0 bridgehead atoms. The molecule has 0 spiro atoms. The van der Waals surface area contributed by atoms with Gasteiger partial charge in [0.1, 0.15) is 0 Å². The minimum Gasteiger partial charge on any atom is -0.310 e. The largest absolute Gasteiger partial charge is 0.310 e. The molecular weight excluding hydrogens is 556 g/mol. The Hall–Kier alpha value is -6.12. The normalized spacial score (nSPS) is 11.9. The quantitative estimate of drug-likeness (QED) is 0.198. The van der Waals surface area contributed by atoms with Gasteiger partial charge in [-0.3, -0.25) is 0 Å². The van der Waals surface area contributed by atoms with E-state index in [1.54, 1.807) is 0 Å². The van der Waals surface area contributed by atoms with E-state index in [-0.39, 0.29) is 0 Å². The Labute approximate surface area is 269 Å². The van der Waals surface area contributed by atoms with Crippen molar-refractivity contribution in [3.8, 4) is 22.3 Å². The van der Waals surface area contributed by atoms with Crippen LogP contribution in [0.4, 0.5) is 34.1 Å². The third-order valence-electron chi connectivity index (χ3n) is 9.13. The first-order valence-electron chi connectivity index (χ1n) is 15.8. The zero-order valence-electron chi connectivity index (χ0n) is 25.2. The van der Waals surface area contributed by atoms with Gasteiger partial charge in [0, 0.05) is 33.7 Å². The molecule has 0 saturated heterocycles. The second-order valence-electron chi connectivity index (χ2n) is 11.8. The van der Waals surface area contributed by atoms with Gasteiger partial charge in [-0.1, -0.05) is 121 Å². The van der Waals surface area contributed by atoms with Crippen LogP contribution in [0.2, 0.25) is 0 Å². The average molecular weight is 587 g/mol. The van der Waals surface area contributed by atoms with Gasteiger partial charge in [0.25, 0.3) is 0 Å². The summed E-state index contributed by atoms with van der Waals surface area (Å²) in [4.78, 5) is 4.77. The maximum atomic E-state index is 2.41. The lowest BCUT2D eigenvalue weighted by molar-refractivity contribution is 1.26. The van der Waals surface area contributed by atoms with Crippen molar-refractivity contribution in [2.45, 2.75) is 0 Å². The number of para-hydroxylation sites is 1. The highest BCUT2D eigenvalue weighted by atomic mass is 15.2. The fourth-order valence-electron chi connectivity index (χ4n) is 7.01. The van der Waals surface area contributed by atoms with Gasteiger partial charge < -0.3 is 9.80 Å². The van der Waals surface area contributed by atoms with Crippen LogP contribution in [0.3, 0.4) is 0 Å². The first-order chi connectivity index (χ1) is 22.8. The van der Waals surface area contributed by atoms with E-state index in [9.17, 15) is 0 Å². The molecule has 2 nitrogen and oxygen atoms in total. The van der Waals surface area contributed by atoms with Crippen molar-refractivity contribution in [2.24, 2.45) is 0 Å². The summed E-state index contributed by atoms with van der Waals surface area (Å²) in [6.45, 7) is 0. The van der Waals surface area contributed by atoms with Crippen molar-refractivity contribution in [2.75, 3.05) is 9.80 Å². The van der Waals surface area contributed by atoms with Crippen LogP contribution in [0, 0.1) is 0 Å².